The number of fused-ring (bicyclic) bond motifs is 1. The Morgan fingerprint density at radius 3 is 2.89 bits per heavy atom. The van der Waals surface area contributed by atoms with Gasteiger partial charge in [-0.1, -0.05) is 17.3 Å². The van der Waals surface area contributed by atoms with Crippen LogP contribution < -0.4 is 5.56 Å². The van der Waals surface area contributed by atoms with Gasteiger partial charge in [-0.05, 0) is 19.2 Å². The lowest BCUT2D eigenvalue weighted by Gasteiger charge is -2.14. The van der Waals surface area contributed by atoms with Gasteiger partial charge in [0.15, 0.2) is 0 Å². The molecule has 1 heterocycles. The highest BCUT2D eigenvalue weighted by atomic mass is 16.4. The molecule has 0 fully saturated rings. The Hall–Kier alpha value is -2.28. The zero-order chi connectivity index (χ0) is 13.1. The van der Waals surface area contributed by atoms with E-state index in [0.717, 1.165) is 4.68 Å². The maximum Gasteiger partial charge on any atom is 0.317 e. The van der Waals surface area contributed by atoms with Gasteiger partial charge in [0.2, 0.25) is 0 Å². The second kappa shape index (κ2) is 4.92. The summed E-state index contributed by atoms with van der Waals surface area (Å²) in [4.78, 5) is 24.0. The molecule has 0 aliphatic rings. The molecule has 0 aliphatic heterocycles. The molecule has 0 radical (unpaired) electrons. The first kappa shape index (κ1) is 12.2. The van der Waals surface area contributed by atoms with Crippen molar-refractivity contribution in [1.82, 2.24) is 19.9 Å². The Labute approximate surface area is 102 Å². The number of aromatic nitrogens is 3. The van der Waals surface area contributed by atoms with E-state index in [0.29, 0.717) is 10.9 Å². The number of rotatable bonds is 4. The fraction of sp³-hybridized carbons (Fsp3) is 0.273. The molecule has 2 rings (SSSR count). The minimum absolute atomic E-state index is 0.0863. The topological polar surface area (TPSA) is 88.3 Å². The van der Waals surface area contributed by atoms with Crippen LogP contribution in [-0.4, -0.2) is 44.6 Å². The summed E-state index contributed by atoms with van der Waals surface area (Å²) in [5.41, 5.74) is 0.248. The summed E-state index contributed by atoms with van der Waals surface area (Å²) in [5.74, 6) is -0.959. The number of nitrogens with zero attached hydrogens (tertiary/aromatic N) is 4. The van der Waals surface area contributed by atoms with Crippen molar-refractivity contribution in [2.45, 2.75) is 6.67 Å². The van der Waals surface area contributed by atoms with Crippen molar-refractivity contribution in [2.24, 2.45) is 0 Å². The number of aliphatic carboxylic acids is 1. The number of carboxylic acid groups (broad SMARTS) is 1. The van der Waals surface area contributed by atoms with Crippen LogP contribution >= 0.6 is 0 Å². The highest BCUT2D eigenvalue weighted by Crippen LogP contribution is 2.03. The predicted octanol–water partition coefficient (Wildman–Crippen LogP) is -0.235. The molecule has 0 spiro atoms. The number of carbonyl (C=O) groups is 1. The number of hydrogen-bond donors (Lipinski definition) is 1. The van der Waals surface area contributed by atoms with Crippen LogP contribution in [0.1, 0.15) is 0 Å². The van der Waals surface area contributed by atoms with Gasteiger partial charge in [-0.3, -0.25) is 14.5 Å². The van der Waals surface area contributed by atoms with Gasteiger partial charge in [0.25, 0.3) is 5.56 Å². The molecule has 2 aromatic rings. The van der Waals surface area contributed by atoms with E-state index in [4.69, 9.17) is 5.11 Å². The van der Waals surface area contributed by atoms with Gasteiger partial charge in [-0.25, -0.2) is 0 Å². The lowest BCUT2D eigenvalue weighted by molar-refractivity contribution is -0.138. The van der Waals surface area contributed by atoms with E-state index >= 15 is 0 Å². The Morgan fingerprint density at radius 2 is 2.17 bits per heavy atom. The molecule has 1 aromatic carbocycles. The average molecular weight is 248 g/mol. The standard InChI is InChI=1S/C11H12N4O3/c1-14(6-10(16)17)7-15-11(18)8-4-2-3-5-9(8)12-13-15/h2-5H,6-7H2,1H3,(H,16,17). The fourth-order valence-electron chi connectivity index (χ4n) is 1.63. The van der Waals surface area contributed by atoms with Crippen molar-refractivity contribution >= 4 is 16.9 Å². The minimum Gasteiger partial charge on any atom is -0.480 e. The number of likely N-dealkylation sites (N-methyl/N-ethyl adjacent to an activating group) is 1. The first-order valence-corrected chi connectivity index (χ1v) is 5.31. The first-order valence-electron chi connectivity index (χ1n) is 5.31. The molecule has 0 bridgehead atoms. The summed E-state index contributed by atoms with van der Waals surface area (Å²) in [7, 11) is 1.59. The molecule has 94 valence electrons. The van der Waals surface area contributed by atoms with Gasteiger partial charge in [0.1, 0.15) is 5.52 Å². The van der Waals surface area contributed by atoms with Crippen molar-refractivity contribution in [3.63, 3.8) is 0 Å². The molecule has 0 aliphatic carbocycles. The van der Waals surface area contributed by atoms with Crippen LogP contribution in [0.3, 0.4) is 0 Å². The van der Waals surface area contributed by atoms with E-state index in [2.05, 4.69) is 10.3 Å². The zero-order valence-electron chi connectivity index (χ0n) is 9.78. The molecular formula is C11H12N4O3. The molecule has 1 N–H and O–H groups in total. The Kier molecular flexibility index (Phi) is 3.33. The fourth-order valence-corrected chi connectivity index (χ4v) is 1.63. The van der Waals surface area contributed by atoms with Crippen LogP contribution in [0, 0.1) is 0 Å². The highest BCUT2D eigenvalue weighted by molar-refractivity contribution is 5.76. The Bertz CT molecular complexity index is 637. The van der Waals surface area contributed by atoms with Crippen LogP contribution in [0.25, 0.3) is 10.9 Å². The first-order chi connectivity index (χ1) is 8.58. The molecule has 7 nitrogen and oxygen atoms in total. The van der Waals surface area contributed by atoms with Crippen molar-refractivity contribution in [2.75, 3.05) is 13.6 Å². The van der Waals surface area contributed by atoms with Crippen molar-refractivity contribution in [3.8, 4) is 0 Å². The van der Waals surface area contributed by atoms with Gasteiger partial charge in [0.05, 0.1) is 18.6 Å². The number of hydrogen-bond acceptors (Lipinski definition) is 5. The summed E-state index contributed by atoms with van der Waals surface area (Å²) in [6.45, 7) is -0.0794. The van der Waals surface area contributed by atoms with E-state index in [1.807, 2.05) is 0 Å². The lowest BCUT2D eigenvalue weighted by atomic mass is 10.2. The van der Waals surface area contributed by atoms with Gasteiger partial charge in [-0.2, -0.15) is 4.68 Å². The number of carboxylic acids is 1. The summed E-state index contributed by atoms with van der Waals surface area (Å²) in [6, 6.07) is 6.89. The third kappa shape index (κ3) is 2.51. The van der Waals surface area contributed by atoms with Crippen molar-refractivity contribution in [1.29, 1.82) is 0 Å². The smallest absolute Gasteiger partial charge is 0.317 e. The molecule has 0 saturated carbocycles. The van der Waals surface area contributed by atoms with E-state index < -0.39 is 5.97 Å². The quantitative estimate of drug-likeness (QED) is 0.803. The summed E-state index contributed by atoms with van der Waals surface area (Å²) in [6.07, 6.45) is 0. The zero-order valence-corrected chi connectivity index (χ0v) is 9.78. The average Bonchev–Trinajstić information content (AvgIpc) is 2.32. The molecule has 0 atom stereocenters. The molecule has 0 saturated heterocycles. The summed E-state index contributed by atoms with van der Waals surface area (Å²) >= 11 is 0. The molecule has 18 heavy (non-hydrogen) atoms. The lowest BCUT2D eigenvalue weighted by Crippen LogP contribution is -2.34. The number of benzene rings is 1. The second-order valence-electron chi connectivity index (χ2n) is 3.96. The minimum atomic E-state index is -0.959. The summed E-state index contributed by atoms with van der Waals surface area (Å²) < 4.78 is 1.14. The molecule has 1 aromatic heterocycles. The molecular weight excluding hydrogens is 236 g/mol. The molecule has 0 amide bonds. The van der Waals surface area contributed by atoms with E-state index in [9.17, 15) is 9.59 Å². The Balaban J connectivity index is 2.32. The maximum atomic E-state index is 12.0. The molecule has 0 unspecified atom stereocenters. The van der Waals surface area contributed by atoms with Crippen molar-refractivity contribution < 1.29 is 9.90 Å². The normalized spacial score (nSPS) is 11.0. The van der Waals surface area contributed by atoms with Gasteiger partial charge >= 0.3 is 5.97 Å². The van der Waals surface area contributed by atoms with Gasteiger partial charge < -0.3 is 5.11 Å². The monoisotopic (exact) mass is 248 g/mol. The van der Waals surface area contributed by atoms with Crippen LogP contribution in [0.5, 0.6) is 0 Å². The van der Waals surface area contributed by atoms with Crippen LogP contribution in [0.4, 0.5) is 0 Å². The third-order valence-electron chi connectivity index (χ3n) is 2.41. The van der Waals surface area contributed by atoms with Gasteiger partial charge in [0, 0.05) is 0 Å². The largest absolute Gasteiger partial charge is 0.480 e. The molecule has 7 heteroatoms. The SMILES string of the molecule is CN(CC(=O)O)Cn1nnc2ccccc2c1=O. The second-order valence-corrected chi connectivity index (χ2v) is 3.96. The third-order valence-corrected chi connectivity index (χ3v) is 2.41. The van der Waals surface area contributed by atoms with E-state index in [1.165, 1.54) is 4.90 Å². The predicted molar refractivity (Wildman–Crippen MR) is 64.1 cm³/mol. The van der Waals surface area contributed by atoms with Crippen LogP contribution in [-0.2, 0) is 11.5 Å². The van der Waals surface area contributed by atoms with Crippen molar-refractivity contribution in [3.05, 3.63) is 34.6 Å². The van der Waals surface area contributed by atoms with Crippen LogP contribution in [0.15, 0.2) is 29.1 Å². The maximum absolute atomic E-state index is 12.0. The van der Waals surface area contributed by atoms with Crippen LogP contribution in [0.2, 0.25) is 0 Å². The van der Waals surface area contributed by atoms with E-state index in [-0.39, 0.29) is 18.8 Å². The highest BCUT2D eigenvalue weighted by Gasteiger charge is 2.09. The Morgan fingerprint density at radius 1 is 1.44 bits per heavy atom. The van der Waals surface area contributed by atoms with E-state index in [1.54, 1.807) is 31.3 Å². The summed E-state index contributed by atoms with van der Waals surface area (Å²) in [5, 5.41) is 16.8. The van der Waals surface area contributed by atoms with Gasteiger partial charge in [-0.15, -0.1) is 5.10 Å².